The van der Waals surface area contributed by atoms with Crippen LogP contribution in [-0.2, 0) is 9.59 Å². The molecular weight excluding hydrogens is 454 g/mol. The molecular formula is C24H31N5O4S. The summed E-state index contributed by atoms with van der Waals surface area (Å²) in [5.41, 5.74) is 0. The predicted octanol–water partition coefficient (Wildman–Crippen LogP) is 2.69. The first-order chi connectivity index (χ1) is 16.6. The number of rotatable bonds is 5. The molecule has 0 unspecified atom stereocenters. The SMILES string of the molecule is Cc1nnc(SCC(=O)N2CCN(C(=O)[C@H]3COc4ccccc4O3)CC2)n1C1CCCCC1. The zero-order valence-electron chi connectivity index (χ0n) is 19.5. The second-order valence-corrected chi connectivity index (χ2v) is 9.99. The van der Waals surface area contributed by atoms with Crippen LogP contribution in [-0.4, -0.2) is 81.0 Å². The van der Waals surface area contributed by atoms with Gasteiger partial charge in [-0.2, -0.15) is 0 Å². The molecule has 2 amide bonds. The van der Waals surface area contributed by atoms with Gasteiger partial charge in [0.2, 0.25) is 12.0 Å². The van der Waals surface area contributed by atoms with Crippen LogP contribution in [0, 0.1) is 6.92 Å². The standard InChI is InChI=1S/C24H31N5O4S/c1-17-25-26-24(29(17)18-7-3-2-4-8-18)34-16-22(30)27-11-13-28(14-12-27)23(31)21-15-32-19-9-5-6-10-20(19)33-21/h5-6,9-10,18,21H,2-4,7-8,11-16H2,1H3/t21-/m1/s1. The topological polar surface area (TPSA) is 89.8 Å². The Labute approximate surface area is 203 Å². The Balaban J connectivity index is 1.11. The largest absolute Gasteiger partial charge is 0.485 e. The molecule has 1 saturated heterocycles. The molecule has 2 fully saturated rings. The maximum atomic E-state index is 12.9. The molecule has 9 nitrogen and oxygen atoms in total. The van der Waals surface area contributed by atoms with E-state index >= 15 is 0 Å². The summed E-state index contributed by atoms with van der Waals surface area (Å²) in [5.74, 6) is 2.48. The molecule has 34 heavy (non-hydrogen) atoms. The number of amides is 2. The number of carbonyl (C=O) groups excluding carboxylic acids is 2. The quantitative estimate of drug-likeness (QED) is 0.602. The van der Waals surface area contributed by atoms with Crippen molar-refractivity contribution in [1.29, 1.82) is 0 Å². The first-order valence-electron chi connectivity index (χ1n) is 12.1. The van der Waals surface area contributed by atoms with Gasteiger partial charge >= 0.3 is 0 Å². The van der Waals surface area contributed by atoms with Gasteiger partial charge in [-0.15, -0.1) is 10.2 Å². The highest BCUT2D eigenvalue weighted by Crippen LogP contribution is 2.33. The fraction of sp³-hybridized carbons (Fsp3) is 0.583. The lowest BCUT2D eigenvalue weighted by molar-refractivity contribution is -0.145. The molecule has 10 heteroatoms. The lowest BCUT2D eigenvalue weighted by atomic mass is 9.95. The van der Waals surface area contributed by atoms with Gasteiger partial charge in [-0.1, -0.05) is 43.2 Å². The van der Waals surface area contributed by atoms with Crippen LogP contribution in [0.15, 0.2) is 29.4 Å². The molecule has 0 spiro atoms. The van der Waals surface area contributed by atoms with Crippen molar-refractivity contribution in [2.75, 3.05) is 38.5 Å². The van der Waals surface area contributed by atoms with Gasteiger partial charge in [0.05, 0.1) is 5.75 Å². The van der Waals surface area contributed by atoms with E-state index in [2.05, 4.69) is 14.8 Å². The van der Waals surface area contributed by atoms with Gasteiger partial charge < -0.3 is 23.8 Å². The van der Waals surface area contributed by atoms with Crippen LogP contribution < -0.4 is 9.47 Å². The van der Waals surface area contributed by atoms with Crippen LogP contribution in [0.4, 0.5) is 0 Å². The first-order valence-corrected chi connectivity index (χ1v) is 13.1. The third-order valence-corrected chi connectivity index (χ3v) is 7.76. The number of benzene rings is 1. The number of ether oxygens (including phenoxy) is 2. The van der Waals surface area contributed by atoms with E-state index < -0.39 is 6.10 Å². The minimum atomic E-state index is -0.651. The number of nitrogens with zero attached hydrogens (tertiary/aromatic N) is 5. The van der Waals surface area contributed by atoms with Crippen LogP contribution in [0.2, 0.25) is 0 Å². The second kappa shape index (κ2) is 10.2. The minimum Gasteiger partial charge on any atom is -0.485 e. The van der Waals surface area contributed by atoms with Gasteiger partial charge in [0.15, 0.2) is 16.7 Å². The number of para-hydroxylation sites is 2. The molecule has 2 aromatic rings. The lowest BCUT2D eigenvalue weighted by Crippen LogP contribution is -2.55. The summed E-state index contributed by atoms with van der Waals surface area (Å²) in [5, 5.41) is 9.44. The average molecular weight is 486 g/mol. The molecule has 0 N–H and O–H groups in total. The molecule has 2 aliphatic heterocycles. The Hall–Kier alpha value is -2.75. The van der Waals surface area contributed by atoms with Gasteiger partial charge in [0.25, 0.3) is 5.91 Å². The van der Waals surface area contributed by atoms with E-state index in [1.807, 2.05) is 30.0 Å². The Morgan fingerprint density at radius 3 is 2.47 bits per heavy atom. The van der Waals surface area contributed by atoms with Crippen molar-refractivity contribution in [3.63, 3.8) is 0 Å². The summed E-state index contributed by atoms with van der Waals surface area (Å²) in [6.45, 7) is 4.21. The van der Waals surface area contributed by atoms with Gasteiger partial charge in [0.1, 0.15) is 12.4 Å². The van der Waals surface area contributed by atoms with Crippen LogP contribution in [0.3, 0.4) is 0 Å². The Morgan fingerprint density at radius 1 is 1.00 bits per heavy atom. The molecule has 1 aromatic heterocycles. The van der Waals surface area contributed by atoms with Crippen LogP contribution in [0.5, 0.6) is 11.5 Å². The van der Waals surface area contributed by atoms with Crippen molar-refractivity contribution in [2.24, 2.45) is 0 Å². The number of hydrogen-bond acceptors (Lipinski definition) is 7. The Bertz CT molecular complexity index is 1030. The molecule has 1 atom stereocenters. The first kappa shape index (κ1) is 23.0. The number of aromatic nitrogens is 3. The molecule has 5 rings (SSSR count). The van der Waals surface area contributed by atoms with Gasteiger partial charge in [-0.05, 0) is 31.9 Å². The maximum absolute atomic E-state index is 12.9. The van der Waals surface area contributed by atoms with E-state index in [4.69, 9.17) is 9.47 Å². The third kappa shape index (κ3) is 4.87. The number of aryl methyl sites for hydroxylation is 1. The average Bonchev–Trinajstić information content (AvgIpc) is 3.27. The van der Waals surface area contributed by atoms with E-state index in [1.165, 1.54) is 31.0 Å². The molecule has 3 aliphatic rings. The number of fused-ring (bicyclic) bond motifs is 1. The van der Waals surface area contributed by atoms with E-state index in [1.54, 1.807) is 11.0 Å². The summed E-state index contributed by atoms with van der Waals surface area (Å²) >= 11 is 1.47. The highest BCUT2D eigenvalue weighted by Gasteiger charge is 2.33. The maximum Gasteiger partial charge on any atom is 0.267 e. The highest BCUT2D eigenvalue weighted by molar-refractivity contribution is 7.99. The zero-order valence-corrected chi connectivity index (χ0v) is 20.3. The predicted molar refractivity (Wildman–Crippen MR) is 127 cm³/mol. The molecule has 182 valence electrons. The highest BCUT2D eigenvalue weighted by atomic mass is 32.2. The van der Waals surface area contributed by atoms with Crippen LogP contribution in [0.25, 0.3) is 0 Å². The monoisotopic (exact) mass is 485 g/mol. The molecule has 1 saturated carbocycles. The van der Waals surface area contributed by atoms with E-state index in [-0.39, 0.29) is 18.4 Å². The molecule has 3 heterocycles. The summed E-state index contributed by atoms with van der Waals surface area (Å²) in [7, 11) is 0. The van der Waals surface area contributed by atoms with Crippen molar-refractivity contribution in [3.8, 4) is 11.5 Å². The van der Waals surface area contributed by atoms with Gasteiger partial charge in [-0.25, -0.2) is 0 Å². The smallest absolute Gasteiger partial charge is 0.267 e. The molecule has 0 radical (unpaired) electrons. The molecule has 0 bridgehead atoms. The van der Waals surface area contributed by atoms with Gasteiger partial charge in [-0.3, -0.25) is 9.59 Å². The van der Waals surface area contributed by atoms with Crippen molar-refractivity contribution < 1.29 is 19.1 Å². The molecule has 1 aliphatic carbocycles. The number of piperazine rings is 1. The van der Waals surface area contributed by atoms with Crippen molar-refractivity contribution >= 4 is 23.6 Å². The minimum absolute atomic E-state index is 0.0686. The third-order valence-electron chi connectivity index (χ3n) is 6.83. The normalized spacial score (nSPS) is 20.9. The number of thioether (sulfide) groups is 1. The summed E-state index contributed by atoms with van der Waals surface area (Å²) in [6.07, 6.45) is 5.41. The molecule has 1 aromatic carbocycles. The summed E-state index contributed by atoms with van der Waals surface area (Å²) in [4.78, 5) is 29.4. The van der Waals surface area contributed by atoms with Gasteiger partial charge in [0, 0.05) is 32.2 Å². The zero-order chi connectivity index (χ0) is 23.5. The van der Waals surface area contributed by atoms with E-state index in [0.29, 0.717) is 49.5 Å². The Morgan fingerprint density at radius 2 is 1.71 bits per heavy atom. The van der Waals surface area contributed by atoms with E-state index in [9.17, 15) is 9.59 Å². The van der Waals surface area contributed by atoms with Crippen molar-refractivity contribution in [2.45, 2.75) is 56.3 Å². The second-order valence-electron chi connectivity index (χ2n) is 9.05. The van der Waals surface area contributed by atoms with Crippen molar-refractivity contribution in [1.82, 2.24) is 24.6 Å². The Kier molecular flexibility index (Phi) is 6.94. The van der Waals surface area contributed by atoms with Crippen molar-refractivity contribution in [3.05, 3.63) is 30.1 Å². The summed E-state index contributed by atoms with van der Waals surface area (Å²) in [6, 6.07) is 7.81. The van der Waals surface area contributed by atoms with Crippen LogP contribution in [0.1, 0.15) is 44.0 Å². The lowest BCUT2D eigenvalue weighted by Gasteiger charge is -2.37. The summed E-state index contributed by atoms with van der Waals surface area (Å²) < 4.78 is 13.8. The number of hydrogen-bond donors (Lipinski definition) is 0. The van der Waals surface area contributed by atoms with E-state index in [0.717, 1.165) is 23.8 Å². The van der Waals surface area contributed by atoms with Crippen LogP contribution >= 0.6 is 11.8 Å². The number of carbonyl (C=O) groups is 2. The fourth-order valence-corrected chi connectivity index (χ4v) is 5.90. The fourth-order valence-electron chi connectivity index (χ4n) is 4.95.